The van der Waals surface area contributed by atoms with Crippen LogP contribution < -0.4 is 4.90 Å². The van der Waals surface area contributed by atoms with E-state index in [9.17, 15) is 4.79 Å². The molecule has 0 radical (unpaired) electrons. The molecule has 0 saturated heterocycles. The Kier molecular flexibility index (Phi) is 5.32. The normalized spacial score (nSPS) is 14.1. The van der Waals surface area contributed by atoms with E-state index < -0.39 is 0 Å². The molecule has 0 bridgehead atoms. The van der Waals surface area contributed by atoms with Crippen molar-refractivity contribution in [2.75, 3.05) is 18.0 Å². The molecule has 3 heteroatoms. The Balaban J connectivity index is 1.93. The maximum Gasteiger partial charge on any atom is 0.182 e. The van der Waals surface area contributed by atoms with E-state index in [0.29, 0.717) is 6.54 Å². The number of carbonyl (C=O) groups is 1. The lowest BCUT2D eigenvalue weighted by Crippen LogP contribution is -2.37. The summed E-state index contributed by atoms with van der Waals surface area (Å²) >= 11 is 0. The van der Waals surface area contributed by atoms with E-state index in [1.807, 2.05) is 31.2 Å². The zero-order chi connectivity index (χ0) is 17.8. The number of aliphatic imine (C=N–C) groups is 1. The molecular weight excluding hydrogens is 308 g/mol. The molecule has 0 amide bonds. The summed E-state index contributed by atoms with van der Waals surface area (Å²) in [5, 5.41) is 0. The summed E-state index contributed by atoms with van der Waals surface area (Å²) in [7, 11) is 0. The zero-order valence-electron chi connectivity index (χ0n) is 15.4. The van der Waals surface area contributed by atoms with E-state index in [0.717, 1.165) is 42.9 Å². The number of carbonyl (C=O) groups excluding carboxylic acids is 1. The number of nitrogens with zero attached hydrogens (tertiary/aromatic N) is 2. The number of rotatable bonds is 4. The molecular formula is C22H26N2O. The van der Waals surface area contributed by atoms with Crippen molar-refractivity contribution in [1.29, 1.82) is 0 Å². The van der Waals surface area contributed by atoms with Crippen LogP contribution in [0.2, 0.25) is 0 Å². The molecule has 130 valence electrons. The van der Waals surface area contributed by atoms with Gasteiger partial charge in [-0.1, -0.05) is 42.0 Å². The maximum absolute atomic E-state index is 12.9. The van der Waals surface area contributed by atoms with E-state index >= 15 is 0 Å². The predicted octanol–water partition coefficient (Wildman–Crippen LogP) is 4.88. The second-order valence-corrected chi connectivity index (χ2v) is 6.92. The van der Waals surface area contributed by atoms with Crippen LogP contribution in [0.4, 0.5) is 5.69 Å². The Hall–Kier alpha value is -2.42. The highest BCUT2D eigenvalue weighted by atomic mass is 16.1. The van der Waals surface area contributed by atoms with Crippen LogP contribution in [0.5, 0.6) is 0 Å². The molecule has 3 nitrogen and oxygen atoms in total. The Labute approximate surface area is 150 Å². The number of ketones is 1. The van der Waals surface area contributed by atoms with Crippen LogP contribution in [-0.4, -0.2) is 24.7 Å². The van der Waals surface area contributed by atoms with E-state index in [1.165, 1.54) is 16.7 Å². The van der Waals surface area contributed by atoms with Crippen LogP contribution in [0.1, 0.15) is 46.3 Å². The number of benzene rings is 2. The van der Waals surface area contributed by atoms with Crippen LogP contribution >= 0.6 is 0 Å². The summed E-state index contributed by atoms with van der Waals surface area (Å²) in [5.41, 5.74) is 5.40. The first-order chi connectivity index (χ1) is 12.0. The Morgan fingerprint density at radius 3 is 2.40 bits per heavy atom. The number of amidine groups is 1. The first-order valence-corrected chi connectivity index (χ1v) is 9.02. The molecule has 3 rings (SSSR count). The van der Waals surface area contributed by atoms with Crippen LogP contribution in [0, 0.1) is 20.8 Å². The van der Waals surface area contributed by atoms with Crippen molar-refractivity contribution >= 4 is 17.3 Å². The topological polar surface area (TPSA) is 32.7 Å². The largest absolute Gasteiger partial charge is 0.322 e. The predicted molar refractivity (Wildman–Crippen MR) is 105 cm³/mol. The van der Waals surface area contributed by atoms with Crippen LogP contribution in [0.15, 0.2) is 47.5 Å². The van der Waals surface area contributed by atoms with Crippen molar-refractivity contribution in [2.24, 2.45) is 4.99 Å². The Morgan fingerprint density at radius 1 is 1.00 bits per heavy atom. The zero-order valence-corrected chi connectivity index (χ0v) is 15.4. The molecule has 1 heterocycles. The fourth-order valence-corrected chi connectivity index (χ4v) is 3.20. The molecule has 0 unspecified atom stereocenters. The highest BCUT2D eigenvalue weighted by Gasteiger charge is 2.21. The van der Waals surface area contributed by atoms with Crippen molar-refractivity contribution in [1.82, 2.24) is 0 Å². The number of hydrogen-bond donors (Lipinski definition) is 0. The maximum atomic E-state index is 12.9. The molecule has 1 aliphatic rings. The Morgan fingerprint density at radius 2 is 1.72 bits per heavy atom. The number of hydrogen-bond acceptors (Lipinski definition) is 3. The molecule has 0 fully saturated rings. The molecule has 0 N–H and O–H groups in total. The van der Waals surface area contributed by atoms with Crippen molar-refractivity contribution in [3.63, 3.8) is 0 Å². The second-order valence-electron chi connectivity index (χ2n) is 6.92. The Bertz CT molecular complexity index is 790. The van der Waals surface area contributed by atoms with Gasteiger partial charge in [-0.2, -0.15) is 0 Å². The lowest BCUT2D eigenvalue weighted by molar-refractivity contribution is 0.100. The summed E-state index contributed by atoms with van der Waals surface area (Å²) < 4.78 is 0. The van der Waals surface area contributed by atoms with Gasteiger partial charge in [0.05, 0.1) is 6.54 Å². The quantitative estimate of drug-likeness (QED) is 0.746. The van der Waals surface area contributed by atoms with Crippen LogP contribution in [0.25, 0.3) is 0 Å². The standard InChI is InChI=1S/C22H26N2O/c1-16-8-11-19(12-9-16)21(25)15-24(22-6-4-5-13-23-22)20-14-17(2)7-10-18(20)3/h7-12,14H,4-6,13,15H2,1-3H3. The summed E-state index contributed by atoms with van der Waals surface area (Å²) in [6.45, 7) is 7.42. The molecule has 0 aromatic heterocycles. The fraction of sp³-hybridized carbons (Fsp3) is 0.364. The highest BCUT2D eigenvalue weighted by Crippen LogP contribution is 2.25. The summed E-state index contributed by atoms with van der Waals surface area (Å²) in [6.07, 6.45) is 3.21. The van der Waals surface area contributed by atoms with Gasteiger partial charge in [-0.25, -0.2) is 0 Å². The van der Waals surface area contributed by atoms with Gasteiger partial charge in [0, 0.05) is 24.2 Å². The monoisotopic (exact) mass is 334 g/mol. The van der Waals surface area contributed by atoms with Gasteiger partial charge in [0.1, 0.15) is 5.84 Å². The first-order valence-electron chi connectivity index (χ1n) is 9.02. The highest BCUT2D eigenvalue weighted by molar-refractivity contribution is 6.07. The summed E-state index contributed by atoms with van der Waals surface area (Å²) in [5.74, 6) is 1.18. The van der Waals surface area contributed by atoms with Gasteiger partial charge in [-0.05, 0) is 50.8 Å². The minimum atomic E-state index is 0.133. The van der Waals surface area contributed by atoms with Crippen LogP contribution in [0.3, 0.4) is 0 Å². The lowest BCUT2D eigenvalue weighted by atomic mass is 10.0. The third-order valence-electron chi connectivity index (χ3n) is 4.75. The second kappa shape index (κ2) is 7.64. The van der Waals surface area contributed by atoms with Crippen molar-refractivity contribution < 1.29 is 4.79 Å². The van der Waals surface area contributed by atoms with Crippen LogP contribution in [-0.2, 0) is 0 Å². The molecule has 2 aromatic rings. The van der Waals surface area contributed by atoms with Gasteiger partial charge in [0.15, 0.2) is 5.78 Å². The number of aryl methyl sites for hydroxylation is 3. The van der Waals surface area contributed by atoms with Gasteiger partial charge < -0.3 is 4.90 Å². The van der Waals surface area contributed by atoms with Crippen molar-refractivity contribution in [3.05, 3.63) is 64.7 Å². The molecule has 0 atom stereocenters. The van der Waals surface area contributed by atoms with Gasteiger partial charge in [-0.15, -0.1) is 0 Å². The van der Waals surface area contributed by atoms with E-state index in [2.05, 4.69) is 36.9 Å². The molecule has 1 aliphatic heterocycles. The summed E-state index contributed by atoms with van der Waals surface area (Å²) in [4.78, 5) is 19.7. The molecule has 0 aliphatic carbocycles. The third kappa shape index (κ3) is 4.16. The third-order valence-corrected chi connectivity index (χ3v) is 4.75. The smallest absolute Gasteiger partial charge is 0.182 e. The minimum Gasteiger partial charge on any atom is -0.322 e. The fourth-order valence-electron chi connectivity index (χ4n) is 3.20. The minimum absolute atomic E-state index is 0.133. The van der Waals surface area contributed by atoms with Gasteiger partial charge in [0.2, 0.25) is 0 Å². The lowest BCUT2D eigenvalue weighted by Gasteiger charge is -2.29. The van der Waals surface area contributed by atoms with Crippen molar-refractivity contribution in [3.8, 4) is 0 Å². The first kappa shape index (κ1) is 17.4. The van der Waals surface area contributed by atoms with Gasteiger partial charge in [0.25, 0.3) is 0 Å². The van der Waals surface area contributed by atoms with Crippen molar-refractivity contribution in [2.45, 2.75) is 40.0 Å². The number of Topliss-reactive ketones (excluding diaryl/α,β-unsaturated/α-hetero) is 1. The van der Waals surface area contributed by atoms with E-state index in [-0.39, 0.29) is 5.78 Å². The number of anilines is 1. The van der Waals surface area contributed by atoms with Gasteiger partial charge >= 0.3 is 0 Å². The van der Waals surface area contributed by atoms with E-state index in [1.54, 1.807) is 0 Å². The van der Waals surface area contributed by atoms with Gasteiger partial charge in [-0.3, -0.25) is 9.79 Å². The molecule has 0 saturated carbocycles. The molecule has 2 aromatic carbocycles. The molecule has 0 spiro atoms. The average Bonchev–Trinajstić information content (AvgIpc) is 2.63. The molecule has 25 heavy (non-hydrogen) atoms. The summed E-state index contributed by atoms with van der Waals surface area (Å²) in [6, 6.07) is 14.2. The SMILES string of the molecule is Cc1ccc(C(=O)CN(C2=NCCCC2)c2cc(C)ccc2C)cc1. The van der Waals surface area contributed by atoms with E-state index in [4.69, 9.17) is 4.99 Å². The average molecular weight is 334 g/mol.